The molecule has 0 bridgehead atoms. The van der Waals surface area contributed by atoms with Crippen LogP contribution in [0.5, 0.6) is 0 Å². The van der Waals surface area contributed by atoms with Crippen molar-refractivity contribution in [2.45, 2.75) is 0 Å². The van der Waals surface area contributed by atoms with Crippen LogP contribution in [0.4, 0.5) is 0 Å². The van der Waals surface area contributed by atoms with E-state index in [4.69, 9.17) is 0 Å². The predicted octanol–water partition coefficient (Wildman–Crippen LogP) is -0.399. The van der Waals surface area contributed by atoms with Crippen molar-refractivity contribution in [3.63, 3.8) is 0 Å². The summed E-state index contributed by atoms with van der Waals surface area (Å²) in [5, 5.41) is 0. The highest BCUT2D eigenvalue weighted by Crippen LogP contribution is 2.14. The Morgan fingerprint density at radius 2 is 1.92 bits per heavy atom. The summed E-state index contributed by atoms with van der Waals surface area (Å²) in [6.07, 6.45) is 1.35. The lowest BCUT2D eigenvalue weighted by Crippen LogP contribution is -2.25. The molecule has 0 saturated carbocycles. The second kappa shape index (κ2) is 2.29. The molecule has 0 fully saturated rings. The highest BCUT2D eigenvalue weighted by atomic mass is 16.2. The van der Waals surface area contributed by atoms with Crippen LogP contribution in [0, 0.1) is 0 Å². The monoisotopic (exact) mass is 178 g/mol. The molecule has 1 aromatic rings. The summed E-state index contributed by atoms with van der Waals surface area (Å²) in [5.41, 5.74) is -0.397. The van der Waals surface area contributed by atoms with E-state index in [0.717, 1.165) is 4.90 Å². The maximum atomic E-state index is 11.3. The number of amides is 2. The first kappa shape index (κ1) is 7.72. The van der Waals surface area contributed by atoms with E-state index in [-0.39, 0.29) is 11.3 Å². The fourth-order valence-electron chi connectivity index (χ4n) is 1.29. The van der Waals surface area contributed by atoms with Crippen molar-refractivity contribution in [1.82, 2.24) is 9.88 Å². The second-order valence-corrected chi connectivity index (χ2v) is 2.76. The Balaban J connectivity index is 2.81. The van der Waals surface area contributed by atoms with Gasteiger partial charge in [0.25, 0.3) is 11.8 Å². The molecule has 0 aliphatic carbocycles. The molecule has 5 nitrogen and oxygen atoms in total. The fourth-order valence-corrected chi connectivity index (χ4v) is 1.29. The zero-order valence-electron chi connectivity index (χ0n) is 6.83. The number of nitrogens with zero attached hydrogens (tertiary/aromatic N) is 1. The number of hydrogen-bond acceptors (Lipinski definition) is 3. The Hall–Kier alpha value is -1.91. The van der Waals surface area contributed by atoms with Crippen LogP contribution >= 0.6 is 0 Å². The fraction of sp³-hybridized carbons (Fsp3) is 0.125. The van der Waals surface area contributed by atoms with Gasteiger partial charge in [-0.2, -0.15) is 0 Å². The number of H-pyrrole nitrogens is 1. The number of fused-ring (bicyclic) bond motifs is 1. The molecule has 66 valence electrons. The third-order valence-electron chi connectivity index (χ3n) is 2.00. The SMILES string of the molecule is CN1C(=O)c2[nH]ccc(=O)c2C1=O. The lowest BCUT2D eigenvalue weighted by Gasteiger charge is -2.01. The molecule has 5 heteroatoms. The first-order valence-corrected chi connectivity index (χ1v) is 3.67. The summed E-state index contributed by atoms with van der Waals surface area (Å²) in [6, 6.07) is 1.23. The Bertz CT molecular complexity index is 461. The van der Waals surface area contributed by atoms with Crippen molar-refractivity contribution in [2.24, 2.45) is 0 Å². The summed E-state index contributed by atoms with van der Waals surface area (Å²) in [6.45, 7) is 0. The van der Waals surface area contributed by atoms with Gasteiger partial charge >= 0.3 is 0 Å². The van der Waals surface area contributed by atoms with E-state index in [1.54, 1.807) is 0 Å². The highest BCUT2D eigenvalue weighted by Gasteiger charge is 2.35. The van der Waals surface area contributed by atoms with Crippen LogP contribution < -0.4 is 5.43 Å². The zero-order chi connectivity index (χ0) is 9.59. The van der Waals surface area contributed by atoms with Crippen LogP contribution in [0.15, 0.2) is 17.1 Å². The molecule has 0 unspecified atom stereocenters. The molecule has 2 amide bonds. The predicted molar refractivity (Wildman–Crippen MR) is 43.5 cm³/mol. The smallest absolute Gasteiger partial charge is 0.277 e. The summed E-state index contributed by atoms with van der Waals surface area (Å²) in [7, 11) is 1.35. The minimum Gasteiger partial charge on any atom is -0.356 e. The summed E-state index contributed by atoms with van der Waals surface area (Å²) in [5.74, 6) is -1.00. The molecule has 2 rings (SSSR count). The van der Waals surface area contributed by atoms with Gasteiger partial charge in [0.15, 0.2) is 5.43 Å². The van der Waals surface area contributed by atoms with Crippen molar-refractivity contribution in [2.75, 3.05) is 7.05 Å². The molecule has 2 heterocycles. The van der Waals surface area contributed by atoms with Gasteiger partial charge in [-0.15, -0.1) is 0 Å². The largest absolute Gasteiger partial charge is 0.356 e. The number of carbonyl (C=O) groups excluding carboxylic acids is 2. The number of pyridine rings is 1. The molecule has 0 aromatic carbocycles. The van der Waals surface area contributed by atoms with Crippen LogP contribution in [0.2, 0.25) is 0 Å². The molecule has 1 N–H and O–H groups in total. The number of nitrogens with one attached hydrogen (secondary N) is 1. The van der Waals surface area contributed by atoms with Crippen LogP contribution in [0.1, 0.15) is 20.8 Å². The summed E-state index contributed by atoms with van der Waals surface area (Å²) in [4.78, 5) is 37.3. The van der Waals surface area contributed by atoms with Gasteiger partial charge in [0.2, 0.25) is 0 Å². The van der Waals surface area contributed by atoms with Gasteiger partial charge in [0, 0.05) is 19.3 Å². The van der Waals surface area contributed by atoms with E-state index in [1.165, 1.54) is 19.3 Å². The van der Waals surface area contributed by atoms with Gasteiger partial charge in [-0.1, -0.05) is 0 Å². The Kier molecular flexibility index (Phi) is 1.36. The number of rotatable bonds is 0. The van der Waals surface area contributed by atoms with E-state index in [1.807, 2.05) is 0 Å². The van der Waals surface area contributed by atoms with Crippen LogP contribution in [-0.2, 0) is 0 Å². The second-order valence-electron chi connectivity index (χ2n) is 2.76. The molecule has 0 atom stereocenters. The lowest BCUT2D eigenvalue weighted by molar-refractivity contribution is 0.0691. The van der Waals surface area contributed by atoms with Gasteiger partial charge in [-0.25, -0.2) is 0 Å². The molecule has 0 radical (unpaired) electrons. The molecule has 1 aromatic heterocycles. The first-order chi connectivity index (χ1) is 6.13. The molecule has 1 aliphatic heterocycles. The first-order valence-electron chi connectivity index (χ1n) is 3.67. The normalized spacial score (nSPS) is 15.0. The quantitative estimate of drug-likeness (QED) is 0.549. The van der Waals surface area contributed by atoms with E-state index in [2.05, 4.69) is 4.98 Å². The maximum absolute atomic E-state index is 11.3. The summed E-state index contributed by atoms with van der Waals surface area (Å²) >= 11 is 0. The van der Waals surface area contributed by atoms with Gasteiger partial charge in [-0.05, 0) is 0 Å². The lowest BCUT2D eigenvalue weighted by atomic mass is 10.2. The maximum Gasteiger partial charge on any atom is 0.277 e. The van der Waals surface area contributed by atoms with Crippen molar-refractivity contribution in [3.8, 4) is 0 Å². The number of carbonyl (C=O) groups is 2. The van der Waals surface area contributed by atoms with Crippen LogP contribution in [0.25, 0.3) is 0 Å². The van der Waals surface area contributed by atoms with Gasteiger partial charge in [0.05, 0.1) is 0 Å². The molecule has 0 saturated heterocycles. The molecule has 1 aliphatic rings. The van der Waals surface area contributed by atoms with E-state index in [9.17, 15) is 14.4 Å². The third-order valence-corrected chi connectivity index (χ3v) is 2.00. The van der Waals surface area contributed by atoms with Crippen molar-refractivity contribution in [1.29, 1.82) is 0 Å². The average Bonchev–Trinajstić information content (AvgIpc) is 2.33. The minimum atomic E-state index is -0.540. The number of aromatic amines is 1. The Morgan fingerprint density at radius 1 is 1.23 bits per heavy atom. The van der Waals surface area contributed by atoms with Gasteiger partial charge < -0.3 is 4.98 Å². The van der Waals surface area contributed by atoms with Crippen LogP contribution in [0.3, 0.4) is 0 Å². The molecule has 13 heavy (non-hydrogen) atoms. The molecule has 0 spiro atoms. The number of hydrogen-bond donors (Lipinski definition) is 1. The standard InChI is InChI=1S/C8H6N2O3/c1-10-7(12)5-4(11)2-3-9-6(5)8(10)13/h2-3H,1H3,(H,9,11). The van der Waals surface area contributed by atoms with Crippen molar-refractivity contribution >= 4 is 11.8 Å². The Labute approximate surface area is 73.0 Å². The van der Waals surface area contributed by atoms with Crippen molar-refractivity contribution in [3.05, 3.63) is 33.7 Å². The topological polar surface area (TPSA) is 70.2 Å². The van der Waals surface area contributed by atoms with Gasteiger partial charge in [-0.3, -0.25) is 19.3 Å². The average molecular weight is 178 g/mol. The molecular formula is C8H6N2O3. The summed E-state index contributed by atoms with van der Waals surface area (Å²) < 4.78 is 0. The van der Waals surface area contributed by atoms with Crippen molar-refractivity contribution < 1.29 is 9.59 Å². The van der Waals surface area contributed by atoms with E-state index in [0.29, 0.717) is 0 Å². The van der Waals surface area contributed by atoms with E-state index >= 15 is 0 Å². The highest BCUT2D eigenvalue weighted by molar-refractivity contribution is 6.20. The number of aromatic nitrogens is 1. The molecular weight excluding hydrogens is 172 g/mol. The van der Waals surface area contributed by atoms with Crippen LogP contribution in [-0.4, -0.2) is 28.7 Å². The van der Waals surface area contributed by atoms with E-state index < -0.39 is 17.2 Å². The number of imide groups is 1. The van der Waals surface area contributed by atoms with Gasteiger partial charge in [0.1, 0.15) is 11.3 Å². The third kappa shape index (κ3) is 0.837. The zero-order valence-corrected chi connectivity index (χ0v) is 6.83. The Morgan fingerprint density at radius 3 is 2.54 bits per heavy atom. The minimum absolute atomic E-state index is 0.0602.